The van der Waals surface area contributed by atoms with Crippen LogP contribution in [0, 0.1) is 10.1 Å². The summed E-state index contributed by atoms with van der Waals surface area (Å²) in [6.07, 6.45) is 4.34. The van der Waals surface area contributed by atoms with Gasteiger partial charge in [-0.25, -0.2) is 4.79 Å². The molecule has 1 fully saturated rings. The topological polar surface area (TPSA) is 120 Å². The Kier molecular flexibility index (Phi) is 5.77. The number of hydrogen-bond acceptors (Lipinski definition) is 6. The third-order valence-corrected chi connectivity index (χ3v) is 6.81. The number of aromatic nitrogens is 2. The molecule has 9 heteroatoms. The maximum absolute atomic E-state index is 12.7. The minimum Gasteiger partial charge on any atom is -0.478 e. The fourth-order valence-corrected chi connectivity index (χ4v) is 5.52. The zero-order valence-electron chi connectivity index (χ0n) is 18.6. The highest BCUT2D eigenvalue weighted by atomic mass is 16.6. The van der Waals surface area contributed by atoms with Crippen LogP contribution in [-0.4, -0.2) is 39.5 Å². The number of aryl methyl sites for hydroxylation is 1. The lowest BCUT2D eigenvalue weighted by Gasteiger charge is -2.40. The lowest BCUT2D eigenvalue weighted by atomic mass is 9.63. The van der Waals surface area contributed by atoms with Crippen molar-refractivity contribution in [3.8, 4) is 0 Å². The highest BCUT2D eigenvalue weighted by molar-refractivity contribution is 5.95. The number of nitrogens with zero attached hydrogens (tertiary/aromatic N) is 3. The molecule has 2 aliphatic rings. The number of carboxylic acid groups (broad SMARTS) is 1. The van der Waals surface area contributed by atoms with E-state index in [1.54, 1.807) is 36.9 Å². The van der Waals surface area contributed by atoms with Crippen LogP contribution in [0.4, 0.5) is 11.5 Å². The van der Waals surface area contributed by atoms with Gasteiger partial charge in [0, 0.05) is 49.6 Å². The molecule has 0 radical (unpaired) electrons. The smallest absolute Gasteiger partial charge is 0.334 e. The van der Waals surface area contributed by atoms with Gasteiger partial charge in [-0.2, -0.15) is 5.10 Å². The summed E-state index contributed by atoms with van der Waals surface area (Å²) < 4.78 is 7.15. The molecule has 1 aromatic heterocycles. The number of methoxy groups -OCH3 is 1. The summed E-state index contributed by atoms with van der Waals surface area (Å²) in [4.78, 5) is 24.3. The molecule has 9 nitrogen and oxygen atoms in total. The SMILES string of the molecule is COCCC1(c2ccccc2[N+](=O)[O-])C(C(=O)O)=C(C)Nc2c1c(C1CCCC1)nn2C. The largest absolute Gasteiger partial charge is 0.478 e. The minimum atomic E-state index is -1.28. The number of fused-ring (bicyclic) bond motifs is 1. The van der Waals surface area contributed by atoms with Gasteiger partial charge < -0.3 is 15.2 Å². The van der Waals surface area contributed by atoms with Crippen LogP contribution >= 0.6 is 0 Å². The van der Waals surface area contributed by atoms with Crippen LogP contribution in [0.5, 0.6) is 0 Å². The molecule has 2 aromatic rings. The predicted octanol–water partition coefficient (Wildman–Crippen LogP) is 4.09. The Morgan fingerprint density at radius 3 is 2.69 bits per heavy atom. The lowest BCUT2D eigenvalue weighted by molar-refractivity contribution is -0.385. The number of nitro benzene ring substituents is 1. The number of nitrogens with one attached hydrogen (secondary N) is 1. The molecular weight excluding hydrogens is 412 g/mol. The highest BCUT2D eigenvalue weighted by Gasteiger charge is 2.53. The molecule has 1 unspecified atom stereocenters. The van der Waals surface area contributed by atoms with Crippen molar-refractivity contribution in [3.05, 3.63) is 62.5 Å². The average molecular weight is 441 g/mol. The Bertz CT molecular complexity index is 1100. The average Bonchev–Trinajstić information content (AvgIpc) is 3.40. The molecule has 4 rings (SSSR count). The first kappa shape index (κ1) is 22.0. The number of ether oxygens (including phenoxy) is 1. The van der Waals surface area contributed by atoms with Crippen molar-refractivity contribution in [2.24, 2.45) is 7.05 Å². The van der Waals surface area contributed by atoms with E-state index in [0.29, 0.717) is 17.1 Å². The maximum Gasteiger partial charge on any atom is 0.334 e. The highest BCUT2D eigenvalue weighted by Crippen LogP contribution is 2.55. The van der Waals surface area contributed by atoms with E-state index in [-0.39, 0.29) is 30.2 Å². The van der Waals surface area contributed by atoms with E-state index in [4.69, 9.17) is 9.84 Å². The molecule has 2 heterocycles. The Balaban J connectivity index is 2.14. The van der Waals surface area contributed by atoms with Crippen LogP contribution in [0.1, 0.15) is 61.8 Å². The zero-order valence-corrected chi connectivity index (χ0v) is 18.6. The molecule has 1 atom stereocenters. The predicted molar refractivity (Wildman–Crippen MR) is 119 cm³/mol. The number of anilines is 1. The van der Waals surface area contributed by atoms with E-state index in [9.17, 15) is 20.0 Å². The van der Waals surface area contributed by atoms with Crippen LogP contribution in [0.15, 0.2) is 35.5 Å². The summed E-state index contributed by atoms with van der Waals surface area (Å²) in [7, 11) is 3.37. The van der Waals surface area contributed by atoms with Gasteiger partial charge in [-0.05, 0) is 26.2 Å². The number of nitro groups is 1. The standard InChI is InChI=1S/C23H28N4O5/c1-14-18(22(28)29)23(12-13-32-3,16-10-6-7-11-17(16)27(30)31)19-20(15-8-4-5-9-15)25-26(2)21(19)24-14/h6-7,10-11,15,24H,4-5,8-9,12-13H2,1-3H3,(H,28,29). The normalized spacial score (nSPS) is 20.8. The van der Waals surface area contributed by atoms with Crippen LogP contribution in [-0.2, 0) is 22.0 Å². The number of allylic oxidation sites excluding steroid dienone is 1. The number of para-hydroxylation sites is 1. The summed E-state index contributed by atoms with van der Waals surface area (Å²) in [5.41, 5.74) is 1.07. The fraction of sp³-hybridized carbons (Fsp3) is 0.478. The first-order valence-electron chi connectivity index (χ1n) is 10.8. The number of carbonyl (C=O) groups is 1. The number of rotatable bonds is 7. The second-order valence-electron chi connectivity index (χ2n) is 8.57. The molecular formula is C23H28N4O5. The Hall–Kier alpha value is -3.20. The number of benzene rings is 1. The molecule has 1 aliphatic heterocycles. The van der Waals surface area contributed by atoms with Gasteiger partial charge in [-0.1, -0.05) is 31.0 Å². The lowest BCUT2D eigenvalue weighted by Crippen LogP contribution is -2.41. The Morgan fingerprint density at radius 1 is 1.38 bits per heavy atom. The van der Waals surface area contributed by atoms with Crippen LogP contribution < -0.4 is 5.32 Å². The summed E-state index contributed by atoms with van der Waals surface area (Å²) in [6.45, 7) is 1.93. The summed E-state index contributed by atoms with van der Waals surface area (Å²) in [5, 5.41) is 30.5. The molecule has 32 heavy (non-hydrogen) atoms. The van der Waals surface area contributed by atoms with Gasteiger partial charge in [0.05, 0.1) is 21.6 Å². The Morgan fingerprint density at radius 2 is 2.06 bits per heavy atom. The van der Waals surface area contributed by atoms with Crippen molar-refractivity contribution in [2.45, 2.75) is 50.4 Å². The second kappa shape index (κ2) is 8.38. The molecule has 0 saturated heterocycles. The number of hydrogen-bond donors (Lipinski definition) is 2. The van der Waals surface area contributed by atoms with Gasteiger partial charge in [0.2, 0.25) is 0 Å². The number of carboxylic acids is 1. The summed E-state index contributed by atoms with van der Waals surface area (Å²) in [5.74, 6) is -0.246. The van der Waals surface area contributed by atoms with Crippen molar-refractivity contribution in [1.29, 1.82) is 0 Å². The minimum absolute atomic E-state index is 0.101. The van der Waals surface area contributed by atoms with E-state index in [1.165, 1.54) is 6.07 Å². The second-order valence-corrected chi connectivity index (χ2v) is 8.57. The van der Waals surface area contributed by atoms with Gasteiger partial charge in [0.25, 0.3) is 5.69 Å². The molecule has 1 saturated carbocycles. The van der Waals surface area contributed by atoms with Gasteiger partial charge in [0.15, 0.2) is 0 Å². The van der Waals surface area contributed by atoms with Gasteiger partial charge in [0.1, 0.15) is 5.82 Å². The number of aliphatic carboxylic acids is 1. The Labute approximate surface area is 186 Å². The molecule has 0 amide bonds. The first-order valence-corrected chi connectivity index (χ1v) is 10.8. The van der Waals surface area contributed by atoms with Crippen molar-refractivity contribution in [2.75, 3.05) is 19.0 Å². The van der Waals surface area contributed by atoms with Crippen molar-refractivity contribution < 1.29 is 19.6 Å². The van der Waals surface area contributed by atoms with Crippen molar-refractivity contribution in [3.63, 3.8) is 0 Å². The maximum atomic E-state index is 12.7. The van der Waals surface area contributed by atoms with E-state index in [2.05, 4.69) is 5.32 Å². The first-order chi connectivity index (χ1) is 15.3. The van der Waals surface area contributed by atoms with Crippen LogP contribution in [0.2, 0.25) is 0 Å². The van der Waals surface area contributed by atoms with Crippen molar-refractivity contribution >= 4 is 17.5 Å². The molecule has 1 aromatic carbocycles. The van der Waals surface area contributed by atoms with E-state index >= 15 is 0 Å². The monoisotopic (exact) mass is 440 g/mol. The van der Waals surface area contributed by atoms with Gasteiger partial charge in [-0.15, -0.1) is 0 Å². The quantitative estimate of drug-likeness (QED) is 0.491. The fourth-order valence-electron chi connectivity index (χ4n) is 5.52. The van der Waals surface area contributed by atoms with Crippen LogP contribution in [0.3, 0.4) is 0 Å². The summed E-state index contributed by atoms with van der Waals surface area (Å²) in [6, 6.07) is 6.43. The molecule has 0 bridgehead atoms. The van der Waals surface area contributed by atoms with Crippen molar-refractivity contribution in [1.82, 2.24) is 9.78 Å². The summed E-state index contributed by atoms with van der Waals surface area (Å²) >= 11 is 0. The van der Waals surface area contributed by atoms with Gasteiger partial charge in [-0.3, -0.25) is 14.8 Å². The molecule has 1 aliphatic carbocycles. The zero-order chi connectivity index (χ0) is 23.0. The third-order valence-electron chi connectivity index (χ3n) is 6.81. The van der Waals surface area contributed by atoms with E-state index < -0.39 is 16.3 Å². The molecule has 0 spiro atoms. The van der Waals surface area contributed by atoms with E-state index in [1.807, 2.05) is 7.05 Å². The molecule has 2 N–H and O–H groups in total. The van der Waals surface area contributed by atoms with Gasteiger partial charge >= 0.3 is 5.97 Å². The van der Waals surface area contributed by atoms with E-state index in [0.717, 1.165) is 36.9 Å². The third kappa shape index (κ3) is 3.28. The molecule has 170 valence electrons. The van der Waals surface area contributed by atoms with Crippen LogP contribution in [0.25, 0.3) is 0 Å².